The van der Waals surface area contributed by atoms with E-state index in [4.69, 9.17) is 11.6 Å². The minimum absolute atomic E-state index is 0.00287. The molecule has 0 amide bonds. The molecular formula is C19H17ClFN3O2S. The Morgan fingerprint density at radius 2 is 2.04 bits per heavy atom. The number of thiophene rings is 1. The van der Waals surface area contributed by atoms with Gasteiger partial charge in [0.2, 0.25) is 0 Å². The summed E-state index contributed by atoms with van der Waals surface area (Å²) in [5.74, 6) is -0.980. The molecule has 27 heavy (non-hydrogen) atoms. The van der Waals surface area contributed by atoms with Gasteiger partial charge in [0.15, 0.2) is 11.6 Å². The Bertz CT molecular complexity index is 982. The maximum Gasteiger partial charge on any atom is 0.257 e. The van der Waals surface area contributed by atoms with Crippen molar-refractivity contribution in [2.75, 3.05) is 11.9 Å². The van der Waals surface area contributed by atoms with Crippen molar-refractivity contribution >= 4 is 34.7 Å². The van der Waals surface area contributed by atoms with Crippen LogP contribution >= 0.6 is 22.9 Å². The molecule has 0 atom stereocenters. The average molecular weight is 406 g/mol. The SMILES string of the molecule is O=C(n1nc(-c2ccccc2)c(F)c1NCc1ccc(Cl)s1)C1(CO)CC1. The molecule has 2 heterocycles. The Hall–Kier alpha value is -2.22. The van der Waals surface area contributed by atoms with Crippen LogP contribution in [0.5, 0.6) is 0 Å². The summed E-state index contributed by atoms with van der Waals surface area (Å²) in [6.07, 6.45) is 1.15. The number of halogens is 2. The van der Waals surface area contributed by atoms with Gasteiger partial charge in [0.05, 0.1) is 22.9 Å². The summed E-state index contributed by atoms with van der Waals surface area (Å²) in [5.41, 5.74) is -0.170. The van der Waals surface area contributed by atoms with E-state index in [9.17, 15) is 9.90 Å². The van der Waals surface area contributed by atoms with Gasteiger partial charge in [0, 0.05) is 10.4 Å². The highest BCUT2D eigenvalue weighted by Gasteiger charge is 2.51. The van der Waals surface area contributed by atoms with Crippen molar-refractivity contribution in [2.24, 2.45) is 5.41 Å². The van der Waals surface area contributed by atoms with Gasteiger partial charge in [-0.1, -0.05) is 41.9 Å². The number of anilines is 1. The second-order valence-corrected chi connectivity index (χ2v) is 8.39. The van der Waals surface area contributed by atoms with E-state index in [1.54, 1.807) is 30.3 Å². The van der Waals surface area contributed by atoms with Gasteiger partial charge in [0.1, 0.15) is 5.69 Å². The molecule has 0 radical (unpaired) electrons. The number of rotatable bonds is 6. The number of benzene rings is 1. The number of aliphatic hydroxyl groups is 1. The van der Waals surface area contributed by atoms with Gasteiger partial charge in [-0.05, 0) is 25.0 Å². The van der Waals surface area contributed by atoms with Crippen molar-refractivity contribution in [3.63, 3.8) is 0 Å². The quantitative estimate of drug-likeness (QED) is 0.636. The Kier molecular flexibility index (Phi) is 4.75. The van der Waals surface area contributed by atoms with Gasteiger partial charge in [-0.15, -0.1) is 11.3 Å². The molecule has 0 bridgehead atoms. The molecule has 0 saturated heterocycles. The zero-order valence-electron chi connectivity index (χ0n) is 14.3. The Morgan fingerprint density at radius 3 is 2.63 bits per heavy atom. The third kappa shape index (κ3) is 3.38. The molecule has 0 spiro atoms. The molecule has 2 aromatic heterocycles. The normalized spacial score (nSPS) is 14.9. The number of hydrogen-bond acceptors (Lipinski definition) is 5. The molecule has 5 nitrogen and oxygen atoms in total. The topological polar surface area (TPSA) is 67.2 Å². The lowest BCUT2D eigenvalue weighted by Gasteiger charge is -2.13. The summed E-state index contributed by atoms with van der Waals surface area (Å²) in [6.45, 7) is 0.0432. The van der Waals surface area contributed by atoms with Crippen molar-refractivity contribution in [1.29, 1.82) is 0 Å². The number of carbonyl (C=O) groups excluding carboxylic acids is 1. The van der Waals surface area contributed by atoms with Crippen molar-refractivity contribution in [1.82, 2.24) is 9.78 Å². The average Bonchev–Trinajstić information content (AvgIpc) is 3.28. The highest BCUT2D eigenvalue weighted by Crippen LogP contribution is 2.47. The molecule has 0 unspecified atom stereocenters. The first kappa shape index (κ1) is 18.2. The van der Waals surface area contributed by atoms with Crippen LogP contribution in [0.3, 0.4) is 0 Å². The Balaban J connectivity index is 1.72. The maximum atomic E-state index is 15.2. The summed E-state index contributed by atoms with van der Waals surface area (Å²) < 4.78 is 16.9. The van der Waals surface area contributed by atoms with Crippen LogP contribution < -0.4 is 5.32 Å². The fourth-order valence-corrected chi connectivity index (χ4v) is 3.94. The van der Waals surface area contributed by atoms with Crippen LogP contribution in [0.15, 0.2) is 42.5 Å². The van der Waals surface area contributed by atoms with Gasteiger partial charge in [-0.25, -0.2) is 4.39 Å². The first-order valence-corrected chi connectivity index (χ1v) is 9.71. The molecule has 140 valence electrons. The minimum Gasteiger partial charge on any atom is -0.395 e. The summed E-state index contributed by atoms with van der Waals surface area (Å²) in [4.78, 5) is 13.8. The number of hydrogen-bond donors (Lipinski definition) is 2. The molecule has 2 N–H and O–H groups in total. The molecule has 0 aliphatic heterocycles. The van der Waals surface area contributed by atoms with Gasteiger partial charge in [-0.2, -0.15) is 9.78 Å². The van der Waals surface area contributed by atoms with Crippen LogP contribution in [0.25, 0.3) is 11.3 Å². The molecule has 1 aromatic carbocycles. The van der Waals surface area contributed by atoms with Crippen molar-refractivity contribution in [2.45, 2.75) is 19.4 Å². The Labute approximate surface area is 164 Å². The fourth-order valence-electron chi connectivity index (χ4n) is 2.91. The van der Waals surface area contributed by atoms with Crippen LogP contribution in [0.4, 0.5) is 10.2 Å². The zero-order chi connectivity index (χ0) is 19.0. The zero-order valence-corrected chi connectivity index (χ0v) is 15.9. The molecular weight excluding hydrogens is 389 g/mol. The molecule has 1 saturated carbocycles. The number of aliphatic hydroxyl groups excluding tert-OH is 1. The first-order chi connectivity index (χ1) is 13.0. The molecule has 3 aromatic rings. The summed E-state index contributed by atoms with van der Waals surface area (Å²) >= 11 is 7.32. The van der Waals surface area contributed by atoms with Gasteiger partial charge >= 0.3 is 0 Å². The second kappa shape index (κ2) is 7.07. The van der Waals surface area contributed by atoms with E-state index in [1.165, 1.54) is 11.3 Å². The van der Waals surface area contributed by atoms with E-state index in [-0.39, 0.29) is 18.1 Å². The van der Waals surface area contributed by atoms with Crippen LogP contribution in [0.2, 0.25) is 4.34 Å². The van der Waals surface area contributed by atoms with Crippen LogP contribution in [-0.4, -0.2) is 27.4 Å². The van der Waals surface area contributed by atoms with Gasteiger partial charge in [-0.3, -0.25) is 4.79 Å². The van der Waals surface area contributed by atoms with Crippen molar-refractivity contribution in [3.05, 3.63) is 57.5 Å². The lowest BCUT2D eigenvalue weighted by molar-refractivity contribution is 0.0725. The third-order valence-corrected chi connectivity index (χ3v) is 5.97. The molecule has 1 fully saturated rings. The largest absolute Gasteiger partial charge is 0.395 e. The summed E-state index contributed by atoms with van der Waals surface area (Å²) in [5, 5.41) is 16.8. The number of nitrogens with zero attached hydrogens (tertiary/aromatic N) is 2. The lowest BCUT2D eigenvalue weighted by Crippen LogP contribution is -2.28. The van der Waals surface area contributed by atoms with Gasteiger partial charge < -0.3 is 10.4 Å². The van der Waals surface area contributed by atoms with Crippen molar-refractivity contribution < 1.29 is 14.3 Å². The lowest BCUT2D eigenvalue weighted by atomic mass is 10.1. The number of aromatic nitrogens is 2. The van der Waals surface area contributed by atoms with Crippen LogP contribution in [0.1, 0.15) is 22.5 Å². The molecule has 1 aliphatic rings. The minimum atomic E-state index is -0.852. The second-order valence-electron chi connectivity index (χ2n) is 6.59. The van der Waals surface area contributed by atoms with Gasteiger partial charge in [0.25, 0.3) is 5.91 Å². The molecule has 8 heteroatoms. The summed E-state index contributed by atoms with van der Waals surface area (Å²) in [6, 6.07) is 12.5. The Morgan fingerprint density at radius 1 is 1.30 bits per heavy atom. The van der Waals surface area contributed by atoms with E-state index < -0.39 is 17.1 Å². The highest BCUT2D eigenvalue weighted by molar-refractivity contribution is 7.16. The van der Waals surface area contributed by atoms with E-state index in [0.29, 0.717) is 29.3 Å². The number of carbonyl (C=O) groups is 1. The number of nitrogens with one attached hydrogen (secondary N) is 1. The van der Waals surface area contributed by atoms with Crippen LogP contribution in [-0.2, 0) is 6.54 Å². The highest BCUT2D eigenvalue weighted by atomic mass is 35.5. The molecule has 1 aliphatic carbocycles. The maximum absolute atomic E-state index is 15.2. The predicted octanol–water partition coefficient (Wildman–Crippen LogP) is 4.43. The smallest absolute Gasteiger partial charge is 0.257 e. The molecule has 4 rings (SSSR count). The fraction of sp³-hybridized carbons (Fsp3) is 0.263. The first-order valence-electron chi connectivity index (χ1n) is 8.52. The van der Waals surface area contributed by atoms with Crippen LogP contribution in [0, 0.1) is 11.2 Å². The summed E-state index contributed by atoms with van der Waals surface area (Å²) in [7, 11) is 0. The van der Waals surface area contributed by atoms with Crippen molar-refractivity contribution in [3.8, 4) is 11.3 Å². The van der Waals surface area contributed by atoms with E-state index in [0.717, 1.165) is 9.56 Å². The predicted molar refractivity (Wildman–Crippen MR) is 104 cm³/mol. The van der Waals surface area contributed by atoms with E-state index in [1.807, 2.05) is 12.1 Å². The third-order valence-electron chi connectivity index (χ3n) is 4.74. The standard InChI is InChI=1S/C19H17ClFN3O2S/c20-14-7-6-13(27-14)10-22-17-15(21)16(12-4-2-1-3-5-12)23-24(17)18(26)19(11-25)8-9-19/h1-7,22,25H,8-11H2. The van der Waals surface area contributed by atoms with E-state index in [2.05, 4.69) is 10.4 Å². The monoisotopic (exact) mass is 405 g/mol. The van der Waals surface area contributed by atoms with E-state index >= 15 is 4.39 Å².